The van der Waals surface area contributed by atoms with E-state index in [0.717, 1.165) is 12.0 Å². The summed E-state index contributed by atoms with van der Waals surface area (Å²) in [6, 6.07) is 16.3. The highest BCUT2D eigenvalue weighted by Gasteiger charge is 2.43. The fraction of sp³-hybridized carbons (Fsp3) is 0.235. The molecule has 2 aromatic rings. The molecule has 20 heavy (non-hydrogen) atoms. The molecule has 0 radical (unpaired) electrons. The lowest BCUT2D eigenvalue weighted by Crippen LogP contribution is -2.24. The average molecular weight is 269 g/mol. The molecule has 1 N–H and O–H groups in total. The molecule has 0 aliphatic heterocycles. The molecule has 102 valence electrons. The molecule has 0 aromatic heterocycles. The van der Waals surface area contributed by atoms with Crippen LogP contribution in [0.3, 0.4) is 0 Å². The minimum atomic E-state index is -0.258. The highest BCUT2D eigenvalue weighted by molar-refractivity contribution is 5.82. The second-order valence-electron chi connectivity index (χ2n) is 5.20. The van der Waals surface area contributed by atoms with Crippen LogP contribution in [0.4, 0.5) is 4.39 Å². The Morgan fingerprint density at radius 1 is 1.10 bits per heavy atom. The van der Waals surface area contributed by atoms with Gasteiger partial charge in [-0.15, -0.1) is 0 Å². The van der Waals surface area contributed by atoms with Crippen LogP contribution in [0, 0.1) is 11.7 Å². The third kappa shape index (κ3) is 2.87. The Hall–Kier alpha value is -2.16. The minimum Gasteiger partial charge on any atom is -0.352 e. The summed E-state index contributed by atoms with van der Waals surface area (Å²) < 4.78 is 12.8. The van der Waals surface area contributed by atoms with Crippen LogP contribution in [0.15, 0.2) is 54.6 Å². The van der Waals surface area contributed by atoms with Crippen LogP contribution < -0.4 is 5.32 Å². The fourth-order valence-electron chi connectivity index (χ4n) is 2.48. The second-order valence-corrected chi connectivity index (χ2v) is 5.20. The molecule has 2 atom stereocenters. The number of carbonyl (C=O) groups is 1. The van der Waals surface area contributed by atoms with Gasteiger partial charge in [-0.2, -0.15) is 0 Å². The van der Waals surface area contributed by atoms with Crippen LogP contribution >= 0.6 is 0 Å². The molecule has 0 bridgehead atoms. The number of benzene rings is 2. The van der Waals surface area contributed by atoms with Gasteiger partial charge in [0.1, 0.15) is 5.82 Å². The third-order valence-electron chi connectivity index (χ3n) is 3.73. The van der Waals surface area contributed by atoms with Crippen LogP contribution in [0.1, 0.15) is 23.5 Å². The van der Waals surface area contributed by atoms with Crippen molar-refractivity contribution in [2.24, 2.45) is 5.92 Å². The quantitative estimate of drug-likeness (QED) is 0.907. The van der Waals surface area contributed by atoms with Crippen LogP contribution in [-0.4, -0.2) is 5.91 Å². The van der Waals surface area contributed by atoms with Gasteiger partial charge in [0.15, 0.2) is 0 Å². The lowest BCUT2D eigenvalue weighted by Gasteiger charge is -2.05. The van der Waals surface area contributed by atoms with Crippen molar-refractivity contribution in [2.75, 3.05) is 0 Å². The molecule has 1 aliphatic rings. The van der Waals surface area contributed by atoms with Crippen molar-refractivity contribution < 1.29 is 9.18 Å². The van der Waals surface area contributed by atoms with E-state index < -0.39 is 0 Å². The van der Waals surface area contributed by atoms with Gasteiger partial charge in [-0.25, -0.2) is 4.39 Å². The summed E-state index contributed by atoms with van der Waals surface area (Å²) in [5.41, 5.74) is 2.14. The zero-order chi connectivity index (χ0) is 13.9. The van der Waals surface area contributed by atoms with E-state index >= 15 is 0 Å². The van der Waals surface area contributed by atoms with Gasteiger partial charge in [-0.1, -0.05) is 42.5 Å². The van der Waals surface area contributed by atoms with Gasteiger partial charge in [-0.05, 0) is 35.6 Å². The smallest absolute Gasteiger partial charge is 0.224 e. The van der Waals surface area contributed by atoms with Gasteiger partial charge < -0.3 is 5.32 Å². The number of nitrogens with one attached hydrogen (secondary N) is 1. The van der Waals surface area contributed by atoms with Gasteiger partial charge in [0, 0.05) is 12.5 Å². The maximum atomic E-state index is 12.8. The monoisotopic (exact) mass is 269 g/mol. The average Bonchev–Trinajstić information content (AvgIpc) is 3.28. The van der Waals surface area contributed by atoms with E-state index in [1.54, 1.807) is 12.1 Å². The van der Waals surface area contributed by atoms with Crippen LogP contribution in [0.2, 0.25) is 0 Å². The Balaban J connectivity index is 1.53. The van der Waals surface area contributed by atoms with E-state index in [2.05, 4.69) is 17.4 Å². The molecule has 1 saturated carbocycles. The van der Waals surface area contributed by atoms with Crippen molar-refractivity contribution in [3.63, 3.8) is 0 Å². The van der Waals surface area contributed by atoms with Crippen molar-refractivity contribution in [1.82, 2.24) is 5.32 Å². The summed E-state index contributed by atoms with van der Waals surface area (Å²) in [5, 5.41) is 2.92. The summed E-state index contributed by atoms with van der Waals surface area (Å²) in [4.78, 5) is 12.0. The normalized spacial score (nSPS) is 20.4. The fourth-order valence-corrected chi connectivity index (χ4v) is 2.48. The van der Waals surface area contributed by atoms with Crippen LogP contribution in [0.25, 0.3) is 0 Å². The molecule has 2 aromatic carbocycles. The predicted molar refractivity (Wildman–Crippen MR) is 75.5 cm³/mol. The predicted octanol–water partition coefficient (Wildman–Crippen LogP) is 3.25. The SMILES string of the molecule is O=C(NCc1ccc(F)cc1)C1CC1c1ccccc1. The van der Waals surface area contributed by atoms with Crippen molar-refractivity contribution in [2.45, 2.75) is 18.9 Å². The number of carbonyl (C=O) groups excluding carboxylic acids is 1. The Bertz CT molecular complexity index is 594. The molecule has 2 unspecified atom stereocenters. The van der Waals surface area contributed by atoms with Gasteiger partial charge in [0.25, 0.3) is 0 Å². The zero-order valence-electron chi connectivity index (χ0n) is 11.1. The summed E-state index contributed by atoms with van der Waals surface area (Å²) in [6.07, 6.45) is 0.916. The topological polar surface area (TPSA) is 29.1 Å². The molecule has 1 aliphatic carbocycles. The summed E-state index contributed by atoms with van der Waals surface area (Å²) >= 11 is 0. The first kappa shape index (κ1) is 12.9. The Morgan fingerprint density at radius 3 is 2.50 bits per heavy atom. The molecule has 2 nitrogen and oxygen atoms in total. The standard InChI is InChI=1S/C17H16FNO/c18-14-8-6-12(7-9-14)11-19-17(20)16-10-15(16)13-4-2-1-3-5-13/h1-9,15-16H,10-11H2,(H,19,20). The van der Waals surface area contributed by atoms with E-state index in [0.29, 0.717) is 12.5 Å². The Kier molecular flexibility index (Phi) is 3.50. The third-order valence-corrected chi connectivity index (χ3v) is 3.73. The molecule has 0 spiro atoms. The Labute approximate surface area is 117 Å². The molecular formula is C17H16FNO. The van der Waals surface area contributed by atoms with E-state index in [-0.39, 0.29) is 17.6 Å². The largest absolute Gasteiger partial charge is 0.352 e. The Morgan fingerprint density at radius 2 is 1.80 bits per heavy atom. The maximum absolute atomic E-state index is 12.8. The molecule has 1 amide bonds. The molecular weight excluding hydrogens is 253 g/mol. The highest BCUT2D eigenvalue weighted by atomic mass is 19.1. The first-order valence-electron chi connectivity index (χ1n) is 6.81. The van der Waals surface area contributed by atoms with E-state index in [1.165, 1.54) is 17.7 Å². The first-order chi connectivity index (χ1) is 9.74. The number of rotatable bonds is 4. The highest BCUT2D eigenvalue weighted by Crippen LogP contribution is 2.47. The van der Waals surface area contributed by atoms with Gasteiger partial charge in [0.05, 0.1) is 0 Å². The number of halogens is 1. The lowest BCUT2D eigenvalue weighted by atomic mass is 10.1. The van der Waals surface area contributed by atoms with E-state index in [1.807, 2.05) is 18.2 Å². The van der Waals surface area contributed by atoms with Crippen molar-refractivity contribution >= 4 is 5.91 Å². The second kappa shape index (κ2) is 5.45. The van der Waals surface area contributed by atoms with Crippen LogP contribution in [0.5, 0.6) is 0 Å². The van der Waals surface area contributed by atoms with Gasteiger partial charge >= 0.3 is 0 Å². The van der Waals surface area contributed by atoms with E-state index in [9.17, 15) is 9.18 Å². The molecule has 3 rings (SSSR count). The van der Waals surface area contributed by atoms with Gasteiger partial charge in [-0.3, -0.25) is 4.79 Å². The zero-order valence-corrected chi connectivity index (χ0v) is 11.1. The molecule has 3 heteroatoms. The van der Waals surface area contributed by atoms with Crippen molar-refractivity contribution in [1.29, 1.82) is 0 Å². The molecule has 0 saturated heterocycles. The summed E-state index contributed by atoms with van der Waals surface area (Å²) in [7, 11) is 0. The lowest BCUT2D eigenvalue weighted by molar-refractivity contribution is -0.122. The van der Waals surface area contributed by atoms with Crippen molar-refractivity contribution in [3.05, 3.63) is 71.5 Å². The molecule has 0 heterocycles. The number of hydrogen-bond acceptors (Lipinski definition) is 1. The molecule has 1 fully saturated rings. The minimum absolute atomic E-state index is 0.0813. The van der Waals surface area contributed by atoms with Crippen molar-refractivity contribution in [3.8, 4) is 0 Å². The van der Waals surface area contributed by atoms with Crippen LogP contribution in [-0.2, 0) is 11.3 Å². The summed E-state index contributed by atoms with van der Waals surface area (Å²) in [5.74, 6) is 0.261. The van der Waals surface area contributed by atoms with E-state index in [4.69, 9.17) is 0 Å². The number of amides is 1. The van der Waals surface area contributed by atoms with Gasteiger partial charge in [0.2, 0.25) is 5.91 Å². The maximum Gasteiger partial charge on any atom is 0.224 e. The number of hydrogen-bond donors (Lipinski definition) is 1. The first-order valence-corrected chi connectivity index (χ1v) is 6.81. The summed E-state index contributed by atoms with van der Waals surface area (Å²) in [6.45, 7) is 0.455.